The molecule has 148 valence electrons. The maximum absolute atomic E-state index is 13.0. The molecule has 5 nitrogen and oxygen atoms in total. The Morgan fingerprint density at radius 1 is 0.967 bits per heavy atom. The minimum atomic E-state index is -0.703. The van der Waals surface area contributed by atoms with Crippen molar-refractivity contribution in [3.05, 3.63) is 109 Å². The van der Waals surface area contributed by atoms with Gasteiger partial charge in [-0.3, -0.25) is 9.59 Å². The van der Waals surface area contributed by atoms with Gasteiger partial charge in [-0.05, 0) is 22.4 Å². The second-order valence-corrected chi connectivity index (χ2v) is 6.95. The first kappa shape index (κ1) is 19.3. The molecule has 1 unspecified atom stereocenters. The lowest BCUT2D eigenvalue weighted by molar-refractivity contribution is -0.117. The number of ketones is 1. The lowest BCUT2D eigenvalue weighted by atomic mass is 10.0. The van der Waals surface area contributed by atoms with E-state index in [1.807, 2.05) is 60.7 Å². The van der Waals surface area contributed by atoms with Crippen LogP contribution in [0.4, 0.5) is 0 Å². The number of imidazole rings is 1. The fourth-order valence-corrected chi connectivity index (χ4v) is 3.38. The van der Waals surface area contributed by atoms with E-state index < -0.39 is 6.04 Å². The predicted octanol–water partition coefficient (Wildman–Crippen LogP) is 4.12. The van der Waals surface area contributed by atoms with Gasteiger partial charge in [0.25, 0.3) is 0 Å². The Labute approximate surface area is 174 Å². The molecule has 0 aliphatic carbocycles. The highest BCUT2D eigenvalue weighted by atomic mass is 16.2. The summed E-state index contributed by atoms with van der Waals surface area (Å²) in [6.07, 6.45) is 8.29. The molecule has 0 saturated heterocycles. The van der Waals surface area contributed by atoms with Crippen LogP contribution in [0.15, 0.2) is 97.6 Å². The van der Waals surface area contributed by atoms with Crippen molar-refractivity contribution in [2.45, 2.75) is 12.6 Å². The summed E-state index contributed by atoms with van der Waals surface area (Å²) >= 11 is 0. The van der Waals surface area contributed by atoms with E-state index in [2.05, 4.69) is 10.3 Å². The zero-order chi connectivity index (χ0) is 20.8. The smallest absolute Gasteiger partial charge is 0.244 e. The van der Waals surface area contributed by atoms with Crippen molar-refractivity contribution in [2.75, 3.05) is 0 Å². The average Bonchev–Trinajstić information content (AvgIpc) is 3.30. The van der Waals surface area contributed by atoms with E-state index in [-0.39, 0.29) is 11.7 Å². The molecule has 30 heavy (non-hydrogen) atoms. The Kier molecular flexibility index (Phi) is 5.80. The van der Waals surface area contributed by atoms with Crippen molar-refractivity contribution in [1.82, 2.24) is 14.9 Å². The summed E-state index contributed by atoms with van der Waals surface area (Å²) in [4.78, 5) is 29.7. The van der Waals surface area contributed by atoms with Gasteiger partial charge in [-0.15, -0.1) is 0 Å². The van der Waals surface area contributed by atoms with Gasteiger partial charge in [0, 0.05) is 24.0 Å². The highest BCUT2D eigenvalue weighted by Crippen LogP contribution is 2.19. The third kappa shape index (κ3) is 4.52. The summed E-state index contributed by atoms with van der Waals surface area (Å²) in [7, 11) is 0. The quantitative estimate of drug-likeness (QED) is 0.378. The number of Topliss-reactive ketones (excluding diaryl/α,β-unsaturated/α-hetero) is 1. The lowest BCUT2D eigenvalue weighted by Crippen LogP contribution is -2.43. The molecule has 0 radical (unpaired) electrons. The maximum Gasteiger partial charge on any atom is 0.244 e. The SMILES string of the molecule is O=C(/C=C/c1cccc2ccccc12)NC(Cn1ccnc1)C(=O)c1ccccc1. The van der Waals surface area contributed by atoms with Gasteiger partial charge >= 0.3 is 0 Å². The molecule has 1 N–H and O–H groups in total. The van der Waals surface area contributed by atoms with E-state index in [1.54, 1.807) is 41.5 Å². The van der Waals surface area contributed by atoms with Gasteiger partial charge in [0.05, 0.1) is 12.9 Å². The molecule has 0 spiro atoms. The predicted molar refractivity (Wildman–Crippen MR) is 118 cm³/mol. The third-order valence-electron chi connectivity index (χ3n) is 4.88. The molecule has 4 rings (SSSR count). The second kappa shape index (κ2) is 9.01. The Bertz CT molecular complexity index is 1180. The van der Waals surface area contributed by atoms with E-state index in [0.29, 0.717) is 12.1 Å². The third-order valence-corrected chi connectivity index (χ3v) is 4.88. The van der Waals surface area contributed by atoms with Crippen molar-refractivity contribution in [1.29, 1.82) is 0 Å². The highest BCUT2D eigenvalue weighted by molar-refractivity contribution is 6.04. The normalized spacial score (nSPS) is 12.1. The summed E-state index contributed by atoms with van der Waals surface area (Å²) < 4.78 is 1.78. The van der Waals surface area contributed by atoms with Crippen LogP contribution in [0.2, 0.25) is 0 Å². The number of benzene rings is 3. The van der Waals surface area contributed by atoms with Crippen LogP contribution in [-0.2, 0) is 11.3 Å². The highest BCUT2D eigenvalue weighted by Gasteiger charge is 2.21. The Morgan fingerprint density at radius 3 is 2.53 bits per heavy atom. The second-order valence-electron chi connectivity index (χ2n) is 6.95. The first-order valence-electron chi connectivity index (χ1n) is 9.72. The summed E-state index contributed by atoms with van der Waals surface area (Å²) in [5.74, 6) is -0.464. The molecule has 0 saturated carbocycles. The standard InChI is InChI=1S/C25H21N3O2/c29-24(14-13-20-11-6-10-19-7-4-5-12-22(19)20)27-23(17-28-16-15-26-18-28)25(30)21-8-2-1-3-9-21/h1-16,18,23H,17H2,(H,27,29)/b14-13+. The van der Waals surface area contributed by atoms with Crippen molar-refractivity contribution in [3.63, 3.8) is 0 Å². The van der Waals surface area contributed by atoms with Crippen LogP contribution < -0.4 is 5.32 Å². The Balaban J connectivity index is 1.53. The first-order valence-corrected chi connectivity index (χ1v) is 9.72. The molecule has 1 aromatic heterocycles. The van der Waals surface area contributed by atoms with Crippen molar-refractivity contribution >= 4 is 28.5 Å². The number of nitrogens with zero attached hydrogens (tertiary/aromatic N) is 2. The number of hydrogen-bond acceptors (Lipinski definition) is 3. The Hall–Kier alpha value is -3.99. The Morgan fingerprint density at radius 2 is 1.73 bits per heavy atom. The number of hydrogen-bond donors (Lipinski definition) is 1. The zero-order valence-corrected chi connectivity index (χ0v) is 16.3. The van der Waals surface area contributed by atoms with Gasteiger partial charge < -0.3 is 9.88 Å². The van der Waals surface area contributed by atoms with Crippen LogP contribution >= 0.6 is 0 Å². The molecule has 0 aliphatic heterocycles. The van der Waals surface area contributed by atoms with Gasteiger partial charge in [-0.1, -0.05) is 72.8 Å². The molecule has 1 heterocycles. The van der Waals surface area contributed by atoms with Gasteiger partial charge in [0.2, 0.25) is 5.91 Å². The molecule has 1 amide bonds. The molecular formula is C25H21N3O2. The van der Waals surface area contributed by atoms with Crippen LogP contribution in [0.3, 0.4) is 0 Å². The molecule has 0 fully saturated rings. The molecule has 1 atom stereocenters. The molecule has 4 aromatic rings. The fraction of sp³-hybridized carbons (Fsp3) is 0.0800. The van der Waals surface area contributed by atoms with E-state index >= 15 is 0 Å². The van der Waals surface area contributed by atoms with Gasteiger partial charge in [-0.2, -0.15) is 0 Å². The van der Waals surface area contributed by atoms with E-state index in [9.17, 15) is 9.59 Å². The van der Waals surface area contributed by atoms with Gasteiger partial charge in [0.15, 0.2) is 5.78 Å². The summed E-state index contributed by atoms with van der Waals surface area (Å²) in [6, 6.07) is 22.2. The van der Waals surface area contributed by atoms with Crippen LogP contribution in [0, 0.1) is 0 Å². The maximum atomic E-state index is 13.0. The molecule has 5 heteroatoms. The number of rotatable bonds is 7. The van der Waals surface area contributed by atoms with Crippen molar-refractivity contribution in [3.8, 4) is 0 Å². The fourth-order valence-electron chi connectivity index (χ4n) is 3.38. The molecule has 0 bridgehead atoms. The number of fused-ring (bicyclic) bond motifs is 1. The van der Waals surface area contributed by atoms with Gasteiger partial charge in [-0.25, -0.2) is 4.98 Å². The minimum Gasteiger partial charge on any atom is -0.341 e. The first-order chi connectivity index (χ1) is 14.7. The van der Waals surface area contributed by atoms with Crippen LogP contribution in [0.1, 0.15) is 15.9 Å². The average molecular weight is 395 g/mol. The molecule has 3 aromatic carbocycles. The number of carbonyl (C=O) groups is 2. The largest absolute Gasteiger partial charge is 0.341 e. The van der Waals surface area contributed by atoms with Crippen LogP contribution in [0.5, 0.6) is 0 Å². The van der Waals surface area contributed by atoms with E-state index in [4.69, 9.17) is 0 Å². The zero-order valence-electron chi connectivity index (χ0n) is 16.3. The number of aromatic nitrogens is 2. The summed E-state index contributed by atoms with van der Waals surface area (Å²) in [6.45, 7) is 0.307. The monoisotopic (exact) mass is 395 g/mol. The van der Waals surface area contributed by atoms with Crippen LogP contribution in [-0.4, -0.2) is 27.3 Å². The summed E-state index contributed by atoms with van der Waals surface area (Å²) in [5, 5.41) is 5.03. The lowest BCUT2D eigenvalue weighted by Gasteiger charge is -2.17. The van der Waals surface area contributed by atoms with Crippen molar-refractivity contribution in [2.24, 2.45) is 0 Å². The minimum absolute atomic E-state index is 0.142. The number of carbonyl (C=O) groups excluding carboxylic acids is 2. The molecule has 0 aliphatic rings. The summed E-state index contributed by atoms with van der Waals surface area (Å²) in [5.41, 5.74) is 1.50. The number of amides is 1. The van der Waals surface area contributed by atoms with Gasteiger partial charge in [0.1, 0.15) is 6.04 Å². The van der Waals surface area contributed by atoms with Crippen LogP contribution in [0.25, 0.3) is 16.8 Å². The molecular weight excluding hydrogens is 374 g/mol. The number of nitrogens with one attached hydrogen (secondary N) is 1. The van der Waals surface area contributed by atoms with E-state index in [0.717, 1.165) is 16.3 Å². The van der Waals surface area contributed by atoms with E-state index in [1.165, 1.54) is 6.08 Å². The van der Waals surface area contributed by atoms with Crippen molar-refractivity contribution < 1.29 is 9.59 Å². The topological polar surface area (TPSA) is 64.0 Å².